The first kappa shape index (κ1) is 22.9. The van der Waals surface area contributed by atoms with Gasteiger partial charge < -0.3 is 5.11 Å². The summed E-state index contributed by atoms with van der Waals surface area (Å²) in [4.78, 5) is 14.0. The average molecular weight is 502 g/mol. The summed E-state index contributed by atoms with van der Waals surface area (Å²) >= 11 is 8.16. The van der Waals surface area contributed by atoms with E-state index in [2.05, 4.69) is 0 Å². The molecule has 3 nitrogen and oxygen atoms in total. The quantitative estimate of drug-likeness (QED) is 0.309. The molecule has 1 aromatic heterocycles. The smallest absolute Gasteiger partial charge is 0.417 e. The number of fused-ring (bicyclic) bond motifs is 1. The van der Waals surface area contributed by atoms with Gasteiger partial charge in [0, 0.05) is 34.6 Å². The Morgan fingerprint density at radius 1 is 1.00 bits per heavy atom. The van der Waals surface area contributed by atoms with E-state index in [1.807, 2.05) is 17.0 Å². The Bertz CT molecular complexity index is 1380. The fourth-order valence-corrected chi connectivity index (χ4v) is 5.79. The van der Waals surface area contributed by atoms with Gasteiger partial charge in [0.05, 0.1) is 16.5 Å². The number of rotatable bonds is 5. The minimum absolute atomic E-state index is 0.142. The molecule has 0 radical (unpaired) electrons. The Balaban J connectivity index is 1.48. The molecule has 5 rings (SSSR count). The number of benzene rings is 3. The molecule has 0 amide bonds. The number of hydrogen-bond donors (Lipinski definition) is 1. The molecule has 8 heteroatoms. The van der Waals surface area contributed by atoms with Crippen LogP contribution in [0.5, 0.6) is 0 Å². The number of aliphatic carboxylic acids is 1. The number of thiophene rings is 1. The number of likely N-dealkylation sites (tertiary alicyclic amines) is 1. The van der Waals surface area contributed by atoms with Crippen LogP contribution in [0.3, 0.4) is 0 Å². The van der Waals surface area contributed by atoms with E-state index in [1.54, 1.807) is 42.5 Å². The summed E-state index contributed by atoms with van der Waals surface area (Å²) in [6.07, 6.45) is -4.50. The molecule has 2 heterocycles. The maximum atomic E-state index is 13.9. The molecule has 0 atom stereocenters. The molecule has 1 aliphatic heterocycles. The highest BCUT2D eigenvalue weighted by Crippen LogP contribution is 2.42. The summed E-state index contributed by atoms with van der Waals surface area (Å²) in [6, 6.07) is 18.4. The van der Waals surface area contributed by atoms with Gasteiger partial charge >= 0.3 is 12.1 Å². The van der Waals surface area contributed by atoms with Crippen LogP contribution in [0.2, 0.25) is 5.02 Å². The van der Waals surface area contributed by atoms with Crippen LogP contribution >= 0.6 is 22.9 Å². The maximum absolute atomic E-state index is 13.9. The Hall–Kier alpha value is -2.87. The fraction of sp³-hybridized carbons (Fsp3) is 0.192. The topological polar surface area (TPSA) is 40.5 Å². The van der Waals surface area contributed by atoms with Gasteiger partial charge in [-0.2, -0.15) is 13.2 Å². The number of hydrogen-bond acceptors (Lipinski definition) is 3. The standard InChI is InChI=1S/C26H19ClF3NO2S/c27-24-20-10-16(7-9-22(20)34-23(24)14-31-12-18(13-31)25(32)33)17-6-8-19(15-4-2-1-3-5-15)21(11-17)26(28,29)30/h1-11,18H,12-14H2,(H,32,33). The molecule has 4 aromatic rings. The zero-order chi connectivity index (χ0) is 24.0. The maximum Gasteiger partial charge on any atom is 0.417 e. The third-order valence-corrected chi connectivity index (χ3v) is 7.81. The second kappa shape index (κ2) is 8.73. The number of carboxylic acid groups (broad SMARTS) is 1. The van der Waals surface area contributed by atoms with Gasteiger partial charge in [0.15, 0.2) is 0 Å². The van der Waals surface area contributed by atoms with Crippen molar-refractivity contribution in [2.75, 3.05) is 13.1 Å². The summed E-state index contributed by atoms with van der Waals surface area (Å²) in [7, 11) is 0. The van der Waals surface area contributed by atoms with Crippen LogP contribution in [0.25, 0.3) is 32.3 Å². The van der Waals surface area contributed by atoms with E-state index >= 15 is 0 Å². The Morgan fingerprint density at radius 2 is 1.68 bits per heavy atom. The molecule has 1 saturated heterocycles. The van der Waals surface area contributed by atoms with Crippen LogP contribution in [0.1, 0.15) is 10.4 Å². The molecule has 0 aliphatic carbocycles. The molecular formula is C26H19ClF3NO2S. The first-order valence-electron chi connectivity index (χ1n) is 10.6. The lowest BCUT2D eigenvalue weighted by molar-refractivity contribution is -0.147. The molecule has 0 saturated carbocycles. The van der Waals surface area contributed by atoms with E-state index in [0.29, 0.717) is 41.3 Å². The zero-order valence-corrected chi connectivity index (χ0v) is 19.3. The van der Waals surface area contributed by atoms with Crippen molar-refractivity contribution >= 4 is 39.0 Å². The van der Waals surface area contributed by atoms with Crippen molar-refractivity contribution in [1.29, 1.82) is 0 Å². The largest absolute Gasteiger partial charge is 0.481 e. The lowest BCUT2D eigenvalue weighted by Gasteiger charge is -2.36. The monoisotopic (exact) mass is 501 g/mol. The highest BCUT2D eigenvalue weighted by molar-refractivity contribution is 7.19. The number of nitrogens with zero attached hydrogens (tertiary/aromatic N) is 1. The summed E-state index contributed by atoms with van der Waals surface area (Å²) in [5.41, 5.74) is 1.09. The van der Waals surface area contributed by atoms with Crippen molar-refractivity contribution in [2.45, 2.75) is 12.7 Å². The van der Waals surface area contributed by atoms with E-state index in [0.717, 1.165) is 15.0 Å². The highest BCUT2D eigenvalue weighted by Gasteiger charge is 2.34. The molecule has 0 unspecified atom stereocenters. The van der Waals surface area contributed by atoms with Crippen LogP contribution in [0.15, 0.2) is 66.7 Å². The third-order valence-electron chi connectivity index (χ3n) is 6.11. The van der Waals surface area contributed by atoms with Crippen molar-refractivity contribution in [3.05, 3.63) is 82.2 Å². The Labute approximate surface area is 203 Å². The van der Waals surface area contributed by atoms with Gasteiger partial charge in [0.25, 0.3) is 0 Å². The number of carbonyl (C=O) groups is 1. The minimum atomic E-state index is -4.50. The van der Waals surface area contributed by atoms with Gasteiger partial charge in [0.1, 0.15) is 0 Å². The van der Waals surface area contributed by atoms with Gasteiger partial charge in [-0.15, -0.1) is 11.3 Å². The van der Waals surface area contributed by atoms with Crippen molar-refractivity contribution in [1.82, 2.24) is 4.90 Å². The third kappa shape index (κ3) is 4.31. The second-order valence-electron chi connectivity index (χ2n) is 8.40. The molecular weight excluding hydrogens is 483 g/mol. The summed E-state index contributed by atoms with van der Waals surface area (Å²) < 4.78 is 42.7. The molecule has 1 N–H and O–H groups in total. The van der Waals surface area contributed by atoms with Crippen molar-refractivity contribution in [2.24, 2.45) is 5.92 Å². The van der Waals surface area contributed by atoms with Crippen LogP contribution in [0, 0.1) is 5.92 Å². The van der Waals surface area contributed by atoms with Gasteiger partial charge in [-0.05, 0) is 40.5 Å². The first-order valence-corrected chi connectivity index (χ1v) is 11.8. The lowest BCUT2D eigenvalue weighted by atomic mass is 9.94. The normalized spacial score (nSPS) is 14.9. The van der Waals surface area contributed by atoms with Gasteiger partial charge in [-0.1, -0.05) is 60.1 Å². The van der Waals surface area contributed by atoms with E-state index in [4.69, 9.17) is 16.7 Å². The molecule has 0 bridgehead atoms. The van der Waals surface area contributed by atoms with Gasteiger partial charge in [0.2, 0.25) is 0 Å². The van der Waals surface area contributed by atoms with Crippen LogP contribution in [-0.4, -0.2) is 29.1 Å². The van der Waals surface area contributed by atoms with E-state index in [1.165, 1.54) is 23.5 Å². The number of halogens is 4. The molecule has 1 fully saturated rings. The predicted octanol–water partition coefficient (Wildman–Crippen LogP) is 7.42. The van der Waals surface area contributed by atoms with Crippen molar-refractivity contribution in [3.8, 4) is 22.3 Å². The first-order chi connectivity index (χ1) is 16.2. The predicted molar refractivity (Wildman–Crippen MR) is 129 cm³/mol. The van der Waals surface area contributed by atoms with Crippen molar-refractivity contribution in [3.63, 3.8) is 0 Å². The SMILES string of the molecule is O=C(O)C1CN(Cc2sc3ccc(-c4ccc(-c5ccccc5)c(C(F)(F)F)c4)cc3c2Cl)C1. The highest BCUT2D eigenvalue weighted by atomic mass is 35.5. The van der Waals surface area contributed by atoms with Crippen LogP contribution in [-0.2, 0) is 17.5 Å². The Morgan fingerprint density at radius 3 is 2.35 bits per heavy atom. The van der Waals surface area contributed by atoms with E-state index in [-0.39, 0.29) is 11.5 Å². The van der Waals surface area contributed by atoms with E-state index < -0.39 is 17.7 Å². The fourth-order valence-electron chi connectivity index (χ4n) is 4.29. The molecule has 174 valence electrons. The molecule has 0 spiro atoms. The lowest BCUT2D eigenvalue weighted by Crippen LogP contribution is -2.49. The average Bonchev–Trinajstić information content (AvgIpc) is 3.10. The summed E-state index contributed by atoms with van der Waals surface area (Å²) in [5, 5.41) is 10.4. The van der Waals surface area contributed by atoms with Gasteiger partial charge in [-0.25, -0.2) is 0 Å². The summed E-state index contributed by atoms with van der Waals surface area (Å²) in [6.45, 7) is 1.53. The minimum Gasteiger partial charge on any atom is -0.481 e. The van der Waals surface area contributed by atoms with E-state index in [9.17, 15) is 18.0 Å². The Kier molecular flexibility index (Phi) is 5.88. The second-order valence-corrected chi connectivity index (χ2v) is 9.92. The number of carboxylic acids is 1. The van der Waals surface area contributed by atoms with Crippen LogP contribution < -0.4 is 0 Å². The van der Waals surface area contributed by atoms with Gasteiger partial charge in [-0.3, -0.25) is 9.69 Å². The van der Waals surface area contributed by atoms with Crippen molar-refractivity contribution < 1.29 is 23.1 Å². The molecule has 1 aliphatic rings. The molecule has 3 aromatic carbocycles. The van der Waals surface area contributed by atoms with Crippen LogP contribution in [0.4, 0.5) is 13.2 Å². The zero-order valence-electron chi connectivity index (χ0n) is 17.8. The molecule has 34 heavy (non-hydrogen) atoms. The number of alkyl halides is 3. The summed E-state index contributed by atoms with van der Waals surface area (Å²) in [5.74, 6) is -1.14.